The van der Waals surface area contributed by atoms with E-state index in [2.05, 4.69) is 39.3 Å². The average molecular weight is 645 g/mol. The van der Waals surface area contributed by atoms with Crippen LogP contribution in [0.3, 0.4) is 0 Å². The maximum absolute atomic E-state index is 12.7. The zero-order chi connectivity index (χ0) is 33.3. The molecule has 4 rings (SSSR count). The number of benzene rings is 1. The maximum Gasteiger partial charge on any atom is 0.330 e. The number of rotatable bonds is 14. The third kappa shape index (κ3) is 13.2. The molecular formula is C37H48N4O6. The minimum Gasteiger partial charge on any atom is -0.462 e. The van der Waals surface area contributed by atoms with Crippen molar-refractivity contribution in [1.82, 2.24) is 15.4 Å². The molecule has 2 aromatic rings. The Morgan fingerprint density at radius 1 is 0.957 bits per heavy atom. The van der Waals surface area contributed by atoms with Crippen molar-refractivity contribution in [3.8, 4) is 11.8 Å². The highest BCUT2D eigenvalue weighted by molar-refractivity contribution is 5.86. The monoisotopic (exact) mass is 644 g/mol. The van der Waals surface area contributed by atoms with E-state index >= 15 is 0 Å². The Balaban J connectivity index is 1.09. The molecule has 1 unspecified atom stereocenters. The number of aromatic nitrogens is 1. The fourth-order valence-corrected chi connectivity index (χ4v) is 5.20. The first-order chi connectivity index (χ1) is 22.9. The van der Waals surface area contributed by atoms with Crippen LogP contribution in [0.25, 0.3) is 6.08 Å². The quantitative estimate of drug-likeness (QED) is 0.0976. The molecule has 10 nitrogen and oxygen atoms in total. The minimum atomic E-state index is -0.377. The van der Waals surface area contributed by atoms with Crippen LogP contribution in [-0.2, 0) is 28.7 Å². The highest BCUT2D eigenvalue weighted by Gasteiger charge is 2.21. The fourth-order valence-electron chi connectivity index (χ4n) is 5.20. The molecule has 2 aliphatic heterocycles. The van der Waals surface area contributed by atoms with Crippen LogP contribution in [0, 0.1) is 17.8 Å². The molecule has 2 fully saturated rings. The Kier molecular flexibility index (Phi) is 14.8. The molecule has 0 radical (unpaired) electrons. The van der Waals surface area contributed by atoms with Crippen LogP contribution in [0.4, 0.5) is 5.69 Å². The van der Waals surface area contributed by atoms with Gasteiger partial charge in [-0.3, -0.25) is 14.6 Å². The van der Waals surface area contributed by atoms with E-state index in [0.717, 1.165) is 74.8 Å². The second-order valence-electron chi connectivity index (χ2n) is 12.3. The van der Waals surface area contributed by atoms with E-state index in [4.69, 9.17) is 14.3 Å². The number of unbranched alkanes of at least 4 members (excludes halogenated alkanes) is 3. The van der Waals surface area contributed by atoms with Crippen LogP contribution in [-0.4, -0.2) is 73.4 Å². The number of carbonyl (C=O) groups is 3. The van der Waals surface area contributed by atoms with Gasteiger partial charge in [-0.25, -0.2) is 15.1 Å². The smallest absolute Gasteiger partial charge is 0.330 e. The number of hydroxylamine groups is 1. The molecule has 2 saturated heterocycles. The molecule has 1 atom stereocenters. The van der Waals surface area contributed by atoms with Gasteiger partial charge in [-0.2, -0.15) is 0 Å². The number of amides is 2. The van der Waals surface area contributed by atoms with Crippen LogP contribution in [0.2, 0.25) is 0 Å². The molecule has 10 heteroatoms. The van der Waals surface area contributed by atoms with Gasteiger partial charge in [-0.1, -0.05) is 38.5 Å². The van der Waals surface area contributed by atoms with Crippen LogP contribution < -0.4 is 10.4 Å². The van der Waals surface area contributed by atoms with E-state index < -0.39 is 0 Å². The first-order valence-electron chi connectivity index (χ1n) is 16.9. The summed E-state index contributed by atoms with van der Waals surface area (Å²) in [5.41, 5.74) is 5.97. The number of hydrogen-bond acceptors (Lipinski definition) is 8. The van der Waals surface area contributed by atoms with Crippen molar-refractivity contribution in [3.63, 3.8) is 0 Å². The second-order valence-corrected chi connectivity index (χ2v) is 12.3. The van der Waals surface area contributed by atoms with Gasteiger partial charge >= 0.3 is 5.97 Å². The Morgan fingerprint density at radius 2 is 1.68 bits per heavy atom. The van der Waals surface area contributed by atoms with Crippen molar-refractivity contribution in [2.24, 2.45) is 5.92 Å². The van der Waals surface area contributed by atoms with Crippen molar-refractivity contribution in [3.05, 3.63) is 65.5 Å². The van der Waals surface area contributed by atoms with E-state index in [-0.39, 0.29) is 24.1 Å². The standard InChI is InChI=1S/C37H48N4O6/c1-29(2)28-46-36(44)21-18-32-17-14-31(27-38-32)13-12-30-15-19-33(20-16-30)40-22-24-41(25-23-40)35(43)10-6-4-3-5-9-34(42)39-47-37-11-7-8-26-45-37/h14-21,27,29,37H,3-11,22-26,28H2,1-2H3,(H,39,42)/b21-18+. The SMILES string of the molecule is CC(C)COC(=O)/C=C/c1ccc(C#Cc2ccc(N3CCN(C(=O)CCCCCCC(=O)NOC4CCCCO4)CC3)cc2)cn1. The highest BCUT2D eigenvalue weighted by atomic mass is 16.8. The van der Waals surface area contributed by atoms with E-state index in [1.165, 1.54) is 6.08 Å². The van der Waals surface area contributed by atoms with E-state index in [0.29, 0.717) is 50.8 Å². The molecular weight excluding hydrogens is 596 g/mol. The number of ether oxygens (including phenoxy) is 2. The summed E-state index contributed by atoms with van der Waals surface area (Å²) in [6.07, 6.45) is 11.7. The summed E-state index contributed by atoms with van der Waals surface area (Å²) in [4.78, 5) is 50.4. The number of anilines is 1. The van der Waals surface area contributed by atoms with Gasteiger partial charge < -0.3 is 19.3 Å². The number of esters is 1. The van der Waals surface area contributed by atoms with Crippen LogP contribution in [0.5, 0.6) is 0 Å². The highest BCUT2D eigenvalue weighted by Crippen LogP contribution is 2.18. The summed E-state index contributed by atoms with van der Waals surface area (Å²) < 4.78 is 10.6. The molecule has 2 aliphatic rings. The van der Waals surface area contributed by atoms with E-state index in [1.807, 2.05) is 43.0 Å². The molecule has 0 aliphatic carbocycles. The van der Waals surface area contributed by atoms with E-state index in [1.54, 1.807) is 12.3 Å². The van der Waals surface area contributed by atoms with Gasteiger partial charge in [-0.05, 0) is 74.1 Å². The Labute approximate surface area is 278 Å². The number of piperazine rings is 1. The lowest BCUT2D eigenvalue weighted by atomic mass is 10.1. The van der Waals surface area contributed by atoms with E-state index in [9.17, 15) is 14.4 Å². The molecule has 1 aromatic heterocycles. The van der Waals surface area contributed by atoms with Gasteiger partial charge in [0.05, 0.1) is 12.3 Å². The number of nitrogens with one attached hydrogen (secondary N) is 1. The zero-order valence-corrected chi connectivity index (χ0v) is 27.7. The summed E-state index contributed by atoms with van der Waals surface area (Å²) in [6.45, 7) is 8.06. The molecule has 1 aromatic carbocycles. The van der Waals surface area contributed by atoms with Crippen LogP contribution in [0.1, 0.15) is 88.5 Å². The van der Waals surface area contributed by atoms with Gasteiger partial charge in [-0.15, -0.1) is 0 Å². The average Bonchev–Trinajstić information content (AvgIpc) is 3.10. The van der Waals surface area contributed by atoms with Crippen molar-refractivity contribution in [2.75, 3.05) is 44.3 Å². The van der Waals surface area contributed by atoms with Gasteiger partial charge in [0.25, 0.3) is 0 Å². The molecule has 0 saturated carbocycles. The van der Waals surface area contributed by atoms with Crippen LogP contribution in [0.15, 0.2) is 48.7 Å². The minimum absolute atomic E-state index is 0.122. The third-order valence-corrected chi connectivity index (χ3v) is 7.94. The summed E-state index contributed by atoms with van der Waals surface area (Å²) in [6, 6.07) is 11.9. The number of nitrogens with zero attached hydrogens (tertiary/aromatic N) is 3. The molecule has 0 bridgehead atoms. The molecule has 1 N–H and O–H groups in total. The Bertz CT molecular complexity index is 1370. The molecule has 47 heavy (non-hydrogen) atoms. The van der Waals surface area contributed by atoms with Gasteiger partial charge in [0.1, 0.15) is 0 Å². The zero-order valence-electron chi connectivity index (χ0n) is 27.7. The van der Waals surface area contributed by atoms with Gasteiger partial charge in [0.15, 0.2) is 6.29 Å². The summed E-state index contributed by atoms with van der Waals surface area (Å²) in [5.74, 6) is 6.32. The van der Waals surface area contributed by atoms with Crippen molar-refractivity contribution < 1.29 is 28.7 Å². The first kappa shape index (κ1) is 35.7. The normalized spacial score (nSPS) is 16.5. The predicted molar refractivity (Wildman–Crippen MR) is 181 cm³/mol. The topological polar surface area (TPSA) is 110 Å². The number of carbonyl (C=O) groups excluding carboxylic acids is 3. The molecule has 0 spiro atoms. The molecule has 2 amide bonds. The van der Waals surface area contributed by atoms with Gasteiger partial charge in [0, 0.05) is 81.1 Å². The summed E-state index contributed by atoms with van der Waals surface area (Å²) in [5, 5.41) is 0. The molecule has 3 heterocycles. The van der Waals surface area contributed by atoms with Crippen molar-refractivity contribution in [1.29, 1.82) is 0 Å². The Morgan fingerprint density at radius 3 is 2.36 bits per heavy atom. The third-order valence-electron chi connectivity index (χ3n) is 7.94. The number of hydrogen-bond donors (Lipinski definition) is 1. The van der Waals surface area contributed by atoms with Crippen molar-refractivity contribution in [2.45, 2.75) is 77.9 Å². The lowest BCUT2D eigenvalue weighted by Gasteiger charge is -2.36. The molecule has 252 valence electrons. The van der Waals surface area contributed by atoms with Gasteiger partial charge in [0.2, 0.25) is 11.8 Å². The van der Waals surface area contributed by atoms with Crippen molar-refractivity contribution >= 4 is 29.5 Å². The lowest BCUT2D eigenvalue weighted by Crippen LogP contribution is -2.48. The lowest BCUT2D eigenvalue weighted by molar-refractivity contribution is -0.200. The van der Waals surface area contributed by atoms with Crippen LogP contribution >= 0.6 is 0 Å². The largest absolute Gasteiger partial charge is 0.462 e. The number of pyridine rings is 1. The summed E-state index contributed by atoms with van der Waals surface area (Å²) in [7, 11) is 0. The first-order valence-corrected chi connectivity index (χ1v) is 16.9. The fraction of sp³-hybridized carbons (Fsp3) is 0.514. The maximum atomic E-state index is 12.7. The second kappa shape index (κ2) is 19.5. The Hall–Kier alpha value is -4.20. The predicted octanol–water partition coefficient (Wildman–Crippen LogP) is 5.26. The summed E-state index contributed by atoms with van der Waals surface area (Å²) >= 11 is 0.